The van der Waals surface area contributed by atoms with E-state index >= 15 is 0 Å². The molecule has 8 rings (SSSR count). The molecule has 0 heterocycles. The highest BCUT2D eigenvalue weighted by atomic mass is 28.4. The molecule has 0 fully saturated rings. The summed E-state index contributed by atoms with van der Waals surface area (Å²) in [5.74, 6) is 3.51. The summed E-state index contributed by atoms with van der Waals surface area (Å²) in [4.78, 5) is 25.8. The summed E-state index contributed by atoms with van der Waals surface area (Å²) in [7, 11) is 4.94. The lowest BCUT2D eigenvalue weighted by molar-refractivity contribution is 0.0487. The normalized spacial score (nSPS) is 11.4. The molecule has 0 aliphatic carbocycles. The highest BCUT2D eigenvalue weighted by Crippen LogP contribution is 2.32. The number of carbonyl (C=O) groups excluding carboxylic acids is 2. The standard InChI is InChI=1S/C26H32O5Si.C26H30O5Si.C16H16O4/c2*1-19-6-8-20(9-7-19)17-31-32(4,5)23-14-15-25(30-18-28-2)24(16-23)26(27)21-10-12-22(29-3)13-11-21;1-18-11-20-15-6-4-3-5-14(15)16(17)12-7-9-13(19-2)10-8-12/h6-16,26-27H,17-18H2,1-5H3;6-16H,17-18H2,1-5H3;3-10H,11H2,1-2H3. The zero-order valence-corrected chi connectivity index (χ0v) is 52.2. The van der Waals surface area contributed by atoms with Gasteiger partial charge >= 0.3 is 0 Å². The number of ether oxygens (including phenoxy) is 9. The Morgan fingerprint density at radius 1 is 0.429 bits per heavy atom. The topological polar surface area (TPSA) is 156 Å². The second-order valence-electron chi connectivity index (χ2n) is 20.5. The Bertz CT molecular complexity index is 3310. The van der Waals surface area contributed by atoms with Gasteiger partial charge in [-0.1, -0.05) is 102 Å². The number of ketones is 2. The predicted molar refractivity (Wildman–Crippen MR) is 333 cm³/mol. The first-order valence-corrected chi connectivity index (χ1v) is 33.1. The number of aryl methyl sites for hydroxylation is 2. The fourth-order valence-corrected chi connectivity index (χ4v) is 11.8. The van der Waals surface area contributed by atoms with Gasteiger partial charge in [-0.3, -0.25) is 9.59 Å². The molecule has 8 aromatic carbocycles. The van der Waals surface area contributed by atoms with Gasteiger partial charge in [-0.2, -0.15) is 0 Å². The minimum Gasteiger partial charge on any atom is -0.497 e. The quantitative estimate of drug-likeness (QED) is 0.0310. The van der Waals surface area contributed by atoms with E-state index in [9.17, 15) is 14.7 Å². The van der Waals surface area contributed by atoms with Crippen LogP contribution in [0.4, 0.5) is 0 Å². The number of hydrogen-bond acceptors (Lipinski definition) is 14. The van der Waals surface area contributed by atoms with Crippen LogP contribution in [0.1, 0.15) is 71.3 Å². The van der Waals surface area contributed by atoms with Gasteiger partial charge < -0.3 is 56.6 Å². The van der Waals surface area contributed by atoms with Crippen molar-refractivity contribution in [3.05, 3.63) is 238 Å². The molecular formula is C68H78O14Si2. The zero-order valence-electron chi connectivity index (χ0n) is 50.2. The Morgan fingerprint density at radius 2 is 0.810 bits per heavy atom. The molecule has 1 N–H and O–H groups in total. The molecule has 0 spiro atoms. The van der Waals surface area contributed by atoms with Crippen molar-refractivity contribution in [1.82, 2.24) is 0 Å². The highest BCUT2D eigenvalue weighted by molar-refractivity contribution is 6.84. The molecule has 0 amide bonds. The third-order valence-electron chi connectivity index (χ3n) is 13.6. The number of aliphatic hydroxyl groups excluding tert-OH is 1. The molecule has 16 heteroatoms. The van der Waals surface area contributed by atoms with Gasteiger partial charge in [-0.25, -0.2) is 0 Å². The van der Waals surface area contributed by atoms with Crippen LogP contribution in [0.15, 0.2) is 182 Å². The molecule has 0 aliphatic rings. The maximum atomic E-state index is 13.3. The van der Waals surface area contributed by atoms with E-state index in [4.69, 9.17) is 51.5 Å². The summed E-state index contributed by atoms with van der Waals surface area (Å²) in [5, 5.41) is 13.3. The molecule has 84 heavy (non-hydrogen) atoms. The number of hydrogen-bond donors (Lipinski definition) is 1. The molecule has 1 atom stereocenters. The number of rotatable bonds is 26. The van der Waals surface area contributed by atoms with E-state index in [-0.39, 0.29) is 31.9 Å². The Morgan fingerprint density at radius 3 is 1.25 bits per heavy atom. The van der Waals surface area contributed by atoms with E-state index in [1.54, 1.807) is 102 Å². The van der Waals surface area contributed by atoms with Crippen LogP contribution in [0.3, 0.4) is 0 Å². The first kappa shape index (κ1) is 65.3. The van der Waals surface area contributed by atoms with Crippen LogP contribution < -0.4 is 38.8 Å². The highest BCUT2D eigenvalue weighted by Gasteiger charge is 2.30. The van der Waals surface area contributed by atoms with E-state index in [0.29, 0.717) is 69.8 Å². The van der Waals surface area contributed by atoms with E-state index in [1.807, 2.05) is 66.7 Å². The van der Waals surface area contributed by atoms with E-state index < -0.39 is 22.7 Å². The third-order valence-corrected chi connectivity index (χ3v) is 18.8. The third kappa shape index (κ3) is 18.8. The fraction of sp³-hybridized carbons (Fsp3) is 0.265. The lowest BCUT2D eigenvalue weighted by atomic mass is 10.0. The average molecular weight is 1180 g/mol. The van der Waals surface area contributed by atoms with Crippen LogP contribution in [-0.2, 0) is 36.3 Å². The number of aliphatic hydroxyl groups is 1. The molecule has 14 nitrogen and oxygen atoms in total. The Kier molecular flexibility index (Phi) is 25.0. The van der Waals surface area contributed by atoms with Crippen molar-refractivity contribution in [3.8, 4) is 34.5 Å². The number of methoxy groups -OCH3 is 6. The van der Waals surface area contributed by atoms with Gasteiger partial charge in [0.05, 0.1) is 45.7 Å². The maximum Gasteiger partial charge on any atom is 0.218 e. The summed E-state index contributed by atoms with van der Waals surface area (Å²) in [6, 6.07) is 56.9. The average Bonchev–Trinajstić information content (AvgIpc) is 2.96. The maximum absolute atomic E-state index is 13.3. The van der Waals surface area contributed by atoms with E-state index in [0.717, 1.165) is 32.8 Å². The minimum absolute atomic E-state index is 0.0625. The first-order valence-electron chi connectivity index (χ1n) is 27.3. The van der Waals surface area contributed by atoms with Gasteiger partial charge in [0.1, 0.15) is 40.6 Å². The molecule has 0 aliphatic heterocycles. The Labute approximate surface area is 497 Å². The van der Waals surface area contributed by atoms with Crippen molar-refractivity contribution in [2.75, 3.05) is 63.0 Å². The van der Waals surface area contributed by atoms with Gasteiger partial charge in [0.2, 0.25) is 16.6 Å². The SMILES string of the molecule is COCOc1ccc([Si](C)(C)OCc2ccc(C)cc2)cc1C(=O)c1ccc(OC)cc1.COCOc1ccc([Si](C)(C)OCc2ccc(C)cc2)cc1C(O)c1ccc(OC)cc1.COCOc1ccccc1C(=O)c1ccc(OC)cc1. The smallest absolute Gasteiger partial charge is 0.218 e. The van der Waals surface area contributed by atoms with Gasteiger partial charge in [0, 0.05) is 38.0 Å². The lowest BCUT2D eigenvalue weighted by Crippen LogP contribution is -2.44. The number of benzene rings is 8. The summed E-state index contributed by atoms with van der Waals surface area (Å²) in [6.07, 6.45) is -0.852. The fourth-order valence-electron chi connectivity index (χ4n) is 8.45. The molecule has 0 radical (unpaired) electrons. The van der Waals surface area contributed by atoms with Crippen LogP contribution >= 0.6 is 0 Å². The van der Waals surface area contributed by atoms with Gasteiger partial charge in [-0.15, -0.1) is 0 Å². The molecular weight excluding hydrogens is 1100 g/mol. The van der Waals surface area contributed by atoms with Crippen molar-refractivity contribution in [2.24, 2.45) is 0 Å². The summed E-state index contributed by atoms with van der Waals surface area (Å²) >= 11 is 0. The zero-order chi connectivity index (χ0) is 60.7. The molecule has 0 saturated carbocycles. The van der Waals surface area contributed by atoms with Crippen LogP contribution in [0, 0.1) is 13.8 Å². The van der Waals surface area contributed by atoms with Crippen molar-refractivity contribution in [3.63, 3.8) is 0 Å². The van der Waals surface area contributed by atoms with Gasteiger partial charge in [0.15, 0.2) is 31.9 Å². The van der Waals surface area contributed by atoms with Crippen LogP contribution in [0.5, 0.6) is 34.5 Å². The Balaban J connectivity index is 0.000000208. The van der Waals surface area contributed by atoms with Crippen LogP contribution in [0.2, 0.25) is 26.2 Å². The molecule has 8 aromatic rings. The lowest BCUT2D eigenvalue weighted by Gasteiger charge is -2.26. The summed E-state index contributed by atoms with van der Waals surface area (Å²) in [5.41, 5.74) is 8.31. The molecule has 0 bridgehead atoms. The Hall–Kier alpha value is -7.91. The van der Waals surface area contributed by atoms with Gasteiger partial charge in [-0.05, 0) is 158 Å². The summed E-state index contributed by atoms with van der Waals surface area (Å²) in [6.45, 7) is 14.1. The largest absolute Gasteiger partial charge is 0.497 e. The van der Waals surface area contributed by atoms with E-state index in [1.165, 1.54) is 18.2 Å². The minimum atomic E-state index is -2.28. The number of para-hydroxylation sites is 1. The number of carbonyl (C=O) groups is 2. The van der Waals surface area contributed by atoms with Crippen molar-refractivity contribution in [1.29, 1.82) is 0 Å². The molecule has 0 aromatic heterocycles. The molecule has 442 valence electrons. The van der Waals surface area contributed by atoms with Crippen molar-refractivity contribution < 1.29 is 66.2 Å². The summed E-state index contributed by atoms with van der Waals surface area (Å²) < 4.78 is 60.1. The first-order chi connectivity index (χ1) is 40.4. The molecule has 1 unspecified atom stereocenters. The monoisotopic (exact) mass is 1170 g/mol. The second-order valence-corrected chi connectivity index (χ2v) is 28.2. The van der Waals surface area contributed by atoms with Crippen LogP contribution in [0.25, 0.3) is 0 Å². The van der Waals surface area contributed by atoms with E-state index in [2.05, 4.69) is 88.6 Å². The van der Waals surface area contributed by atoms with Gasteiger partial charge in [0.25, 0.3) is 0 Å². The van der Waals surface area contributed by atoms with Crippen molar-refractivity contribution in [2.45, 2.75) is 59.4 Å². The predicted octanol–water partition coefficient (Wildman–Crippen LogP) is 12.5. The molecule has 0 saturated heterocycles. The van der Waals surface area contributed by atoms with Crippen LogP contribution in [-0.4, -0.2) is 96.3 Å². The second kappa shape index (κ2) is 32.2. The van der Waals surface area contributed by atoms with Crippen molar-refractivity contribution >= 4 is 38.6 Å².